The molecule has 138 valence electrons. The number of rotatable bonds is 6. The molecule has 0 atom stereocenters. The molecule has 0 saturated carbocycles. The van der Waals surface area contributed by atoms with E-state index in [1.165, 1.54) is 11.3 Å². The number of thiophene rings is 1. The summed E-state index contributed by atoms with van der Waals surface area (Å²) in [7, 11) is 0. The Kier molecular flexibility index (Phi) is 4.71. The van der Waals surface area contributed by atoms with Crippen molar-refractivity contribution in [1.29, 1.82) is 0 Å². The number of hydrogen-bond acceptors (Lipinski definition) is 9. The minimum atomic E-state index is -0.625. The summed E-state index contributed by atoms with van der Waals surface area (Å²) in [5.41, 5.74) is 0.351. The van der Waals surface area contributed by atoms with Crippen LogP contribution in [0.25, 0.3) is 10.7 Å². The first-order valence-electron chi connectivity index (χ1n) is 7.89. The molecule has 0 radical (unpaired) electrons. The minimum absolute atomic E-state index is 0.122. The molecule has 0 saturated heterocycles. The Morgan fingerprint density at radius 3 is 2.96 bits per heavy atom. The van der Waals surface area contributed by atoms with Crippen LogP contribution in [0.2, 0.25) is 0 Å². The lowest BCUT2D eigenvalue weighted by molar-refractivity contribution is -0.144. The number of amides is 1. The quantitative estimate of drug-likeness (QED) is 0.639. The van der Waals surface area contributed by atoms with Crippen molar-refractivity contribution in [2.45, 2.75) is 6.61 Å². The molecule has 0 spiro atoms. The molecule has 9 nitrogen and oxygen atoms in total. The summed E-state index contributed by atoms with van der Waals surface area (Å²) in [6, 6.07) is 8.50. The highest BCUT2D eigenvalue weighted by atomic mass is 32.1. The van der Waals surface area contributed by atoms with Gasteiger partial charge in [0.25, 0.3) is 11.8 Å². The second-order valence-electron chi connectivity index (χ2n) is 5.40. The molecule has 0 unspecified atom stereocenters. The van der Waals surface area contributed by atoms with E-state index in [9.17, 15) is 9.59 Å². The Hall–Kier alpha value is -3.40. The number of aromatic nitrogens is 2. The molecule has 4 rings (SSSR count). The molecule has 1 aliphatic heterocycles. The highest BCUT2D eigenvalue weighted by Gasteiger charge is 2.17. The van der Waals surface area contributed by atoms with Gasteiger partial charge in [-0.3, -0.25) is 9.59 Å². The summed E-state index contributed by atoms with van der Waals surface area (Å²) in [5, 5.41) is 8.20. The molecular formula is C17H13N3O6S. The van der Waals surface area contributed by atoms with Crippen molar-refractivity contribution in [2.24, 2.45) is 0 Å². The molecule has 0 aliphatic carbocycles. The zero-order chi connectivity index (χ0) is 18.6. The van der Waals surface area contributed by atoms with Gasteiger partial charge in [0.2, 0.25) is 12.6 Å². The molecule has 3 heterocycles. The molecule has 3 aromatic rings. The van der Waals surface area contributed by atoms with Crippen LogP contribution in [0.15, 0.2) is 40.2 Å². The van der Waals surface area contributed by atoms with Gasteiger partial charge in [-0.2, -0.15) is 4.98 Å². The van der Waals surface area contributed by atoms with Crippen molar-refractivity contribution in [3.05, 3.63) is 47.2 Å². The van der Waals surface area contributed by atoms with Crippen LogP contribution in [0.1, 0.15) is 16.2 Å². The van der Waals surface area contributed by atoms with E-state index in [-0.39, 0.29) is 25.8 Å². The topological polar surface area (TPSA) is 113 Å². The zero-order valence-corrected chi connectivity index (χ0v) is 14.7. The molecule has 27 heavy (non-hydrogen) atoms. The maximum Gasteiger partial charge on any atom is 0.325 e. The van der Waals surface area contributed by atoms with E-state index in [4.69, 9.17) is 18.7 Å². The molecule has 0 fully saturated rings. The smallest absolute Gasteiger partial charge is 0.325 e. The number of benzene rings is 1. The number of esters is 1. The van der Waals surface area contributed by atoms with Gasteiger partial charge in [-0.05, 0) is 29.6 Å². The number of nitrogens with one attached hydrogen (secondary N) is 1. The predicted molar refractivity (Wildman–Crippen MR) is 92.3 cm³/mol. The monoisotopic (exact) mass is 387 g/mol. The minimum Gasteiger partial charge on any atom is -0.454 e. The van der Waals surface area contributed by atoms with Crippen LogP contribution in [-0.4, -0.2) is 35.4 Å². The summed E-state index contributed by atoms with van der Waals surface area (Å²) in [6.45, 7) is -0.340. The fourth-order valence-corrected chi connectivity index (χ4v) is 2.95. The van der Waals surface area contributed by atoms with Crippen LogP contribution in [0.4, 0.5) is 0 Å². The normalized spacial score (nSPS) is 12.0. The van der Waals surface area contributed by atoms with Crippen molar-refractivity contribution < 1.29 is 28.3 Å². The summed E-state index contributed by atoms with van der Waals surface area (Å²) in [4.78, 5) is 28.9. The standard InChI is InChI=1S/C17H13N3O6S/c21-15(23-8-14-19-16(20-26-14)13-2-1-5-27-13)7-18-17(22)10-3-4-11-12(6-10)25-9-24-11/h1-6H,7-9H2,(H,18,22). The van der Waals surface area contributed by atoms with Crippen molar-refractivity contribution >= 4 is 23.2 Å². The van der Waals surface area contributed by atoms with Crippen molar-refractivity contribution in [3.63, 3.8) is 0 Å². The molecule has 0 bridgehead atoms. The summed E-state index contributed by atoms with van der Waals surface area (Å²) in [5.74, 6) is 0.625. The third kappa shape index (κ3) is 3.90. The van der Waals surface area contributed by atoms with Crippen molar-refractivity contribution in [3.8, 4) is 22.2 Å². The third-order valence-corrected chi connectivity index (χ3v) is 4.46. The number of hydrogen-bond donors (Lipinski definition) is 1. The second-order valence-corrected chi connectivity index (χ2v) is 6.35. The van der Waals surface area contributed by atoms with Gasteiger partial charge in [0, 0.05) is 5.56 Å². The van der Waals surface area contributed by atoms with E-state index in [2.05, 4.69) is 15.5 Å². The van der Waals surface area contributed by atoms with Gasteiger partial charge in [-0.1, -0.05) is 11.2 Å². The molecule has 10 heteroatoms. The maximum absolute atomic E-state index is 12.1. The van der Waals surface area contributed by atoms with Gasteiger partial charge >= 0.3 is 5.97 Å². The lowest BCUT2D eigenvalue weighted by Gasteiger charge is -2.05. The zero-order valence-electron chi connectivity index (χ0n) is 13.8. The highest BCUT2D eigenvalue weighted by molar-refractivity contribution is 7.13. The number of fused-ring (bicyclic) bond motifs is 1. The summed E-state index contributed by atoms with van der Waals surface area (Å²) in [6.07, 6.45) is 0. The number of nitrogens with zero attached hydrogens (tertiary/aromatic N) is 2. The predicted octanol–water partition coefficient (Wildman–Crippen LogP) is 2.00. The molecule has 2 aromatic heterocycles. The van der Waals surface area contributed by atoms with Crippen molar-refractivity contribution in [1.82, 2.24) is 15.5 Å². The fraction of sp³-hybridized carbons (Fsp3) is 0.176. The lowest BCUT2D eigenvalue weighted by Crippen LogP contribution is -2.30. The number of carbonyl (C=O) groups excluding carboxylic acids is 2. The van der Waals surface area contributed by atoms with Crippen LogP contribution < -0.4 is 14.8 Å². The Morgan fingerprint density at radius 1 is 1.22 bits per heavy atom. The van der Waals surface area contributed by atoms with E-state index in [1.54, 1.807) is 18.2 Å². The number of carbonyl (C=O) groups is 2. The van der Waals surface area contributed by atoms with Gasteiger partial charge in [-0.15, -0.1) is 11.3 Å². The van der Waals surface area contributed by atoms with Gasteiger partial charge in [0.15, 0.2) is 18.1 Å². The molecule has 1 aliphatic rings. The van der Waals surface area contributed by atoms with Crippen LogP contribution in [0.3, 0.4) is 0 Å². The van der Waals surface area contributed by atoms with Gasteiger partial charge in [-0.25, -0.2) is 0 Å². The van der Waals surface area contributed by atoms with Gasteiger partial charge in [0.05, 0.1) is 4.88 Å². The molecule has 1 amide bonds. The van der Waals surface area contributed by atoms with E-state index >= 15 is 0 Å². The van der Waals surface area contributed by atoms with Crippen molar-refractivity contribution in [2.75, 3.05) is 13.3 Å². The van der Waals surface area contributed by atoms with E-state index in [0.717, 1.165) is 4.88 Å². The highest BCUT2D eigenvalue weighted by Crippen LogP contribution is 2.32. The molecule has 1 aromatic carbocycles. The summed E-state index contributed by atoms with van der Waals surface area (Å²) < 4.78 is 20.5. The molecular weight excluding hydrogens is 374 g/mol. The second kappa shape index (κ2) is 7.46. The summed E-state index contributed by atoms with van der Waals surface area (Å²) >= 11 is 1.47. The Labute approximate surface area is 156 Å². The Morgan fingerprint density at radius 2 is 2.11 bits per heavy atom. The average Bonchev–Trinajstić information content (AvgIpc) is 3.44. The van der Waals surface area contributed by atoms with E-state index in [0.29, 0.717) is 22.9 Å². The van der Waals surface area contributed by atoms with E-state index < -0.39 is 11.9 Å². The Balaban J connectivity index is 1.25. The van der Waals surface area contributed by atoms with Crippen LogP contribution in [0.5, 0.6) is 11.5 Å². The first-order chi connectivity index (χ1) is 13.2. The fourth-order valence-electron chi connectivity index (χ4n) is 2.30. The Bertz CT molecular complexity index is 969. The van der Waals surface area contributed by atoms with Crippen LogP contribution >= 0.6 is 11.3 Å². The average molecular weight is 387 g/mol. The lowest BCUT2D eigenvalue weighted by atomic mass is 10.2. The van der Waals surface area contributed by atoms with Crippen LogP contribution in [0, 0.1) is 0 Å². The number of ether oxygens (including phenoxy) is 3. The SMILES string of the molecule is O=C(CNC(=O)c1ccc2c(c1)OCO2)OCc1nc(-c2cccs2)no1. The first-order valence-corrected chi connectivity index (χ1v) is 8.77. The van der Waals surface area contributed by atoms with E-state index in [1.807, 2.05) is 17.5 Å². The first kappa shape index (κ1) is 17.0. The van der Waals surface area contributed by atoms with Gasteiger partial charge in [0.1, 0.15) is 6.54 Å². The molecule has 1 N–H and O–H groups in total. The maximum atomic E-state index is 12.1. The largest absolute Gasteiger partial charge is 0.454 e. The third-order valence-electron chi connectivity index (χ3n) is 3.59. The van der Waals surface area contributed by atoms with Crippen LogP contribution in [-0.2, 0) is 16.1 Å². The van der Waals surface area contributed by atoms with Gasteiger partial charge < -0.3 is 24.1 Å².